The van der Waals surface area contributed by atoms with Gasteiger partial charge in [-0.1, -0.05) is 18.5 Å². The summed E-state index contributed by atoms with van der Waals surface area (Å²) >= 11 is 5.90. The number of hydrogen-bond donors (Lipinski definition) is 2. The van der Waals surface area contributed by atoms with Crippen LogP contribution in [0.25, 0.3) is 0 Å². The van der Waals surface area contributed by atoms with Crippen LogP contribution >= 0.6 is 11.6 Å². The number of urea groups is 1. The second kappa shape index (κ2) is 6.80. The van der Waals surface area contributed by atoms with E-state index in [1.807, 2.05) is 4.90 Å². The number of nitrogens with one attached hydrogen (secondary N) is 1. The number of carbonyl (C=O) groups excluding carboxylic acids is 1. The van der Waals surface area contributed by atoms with Gasteiger partial charge in [-0.15, -0.1) is 0 Å². The molecule has 21 heavy (non-hydrogen) atoms. The van der Waals surface area contributed by atoms with Gasteiger partial charge >= 0.3 is 12.0 Å². The molecule has 1 aliphatic rings. The normalized spacial score (nSPS) is 18.4. The van der Waals surface area contributed by atoms with Gasteiger partial charge in [0.25, 0.3) is 0 Å². The van der Waals surface area contributed by atoms with Crippen LogP contribution in [0.5, 0.6) is 0 Å². The third-order valence-electron chi connectivity index (χ3n) is 3.81. The number of anilines is 1. The number of piperidine rings is 1. The number of carbonyl (C=O) groups is 2. The van der Waals surface area contributed by atoms with E-state index in [4.69, 9.17) is 16.7 Å². The molecule has 2 N–H and O–H groups in total. The molecule has 0 saturated carbocycles. The Hall–Kier alpha value is -1.75. The summed E-state index contributed by atoms with van der Waals surface area (Å²) in [5.74, 6) is -1.08. The standard InChI is InChI=1S/C15H19ClN2O3/c1-2-11-5-3-4-8-18(11)15(21)17-10-6-7-12(14(19)20)13(16)9-10/h6-7,9,11H,2-5,8H2,1H3,(H,17,21)(H,19,20). The van der Waals surface area contributed by atoms with E-state index in [1.54, 1.807) is 6.07 Å². The molecule has 2 rings (SSSR count). The van der Waals surface area contributed by atoms with Crippen molar-refractivity contribution in [1.29, 1.82) is 0 Å². The maximum atomic E-state index is 12.3. The van der Waals surface area contributed by atoms with Crippen molar-refractivity contribution < 1.29 is 14.7 Å². The minimum absolute atomic E-state index is 0.0269. The van der Waals surface area contributed by atoms with Crippen LogP contribution in [0, 0.1) is 0 Å². The van der Waals surface area contributed by atoms with E-state index in [2.05, 4.69) is 12.2 Å². The lowest BCUT2D eigenvalue weighted by atomic mass is 10.0. The van der Waals surface area contributed by atoms with E-state index in [9.17, 15) is 9.59 Å². The number of carboxylic acid groups (broad SMARTS) is 1. The van der Waals surface area contributed by atoms with Gasteiger partial charge in [0, 0.05) is 18.3 Å². The topological polar surface area (TPSA) is 69.6 Å². The summed E-state index contributed by atoms with van der Waals surface area (Å²) in [4.78, 5) is 25.1. The Kier molecular flexibility index (Phi) is 5.07. The predicted molar refractivity (Wildman–Crippen MR) is 82.1 cm³/mol. The fourth-order valence-corrected chi connectivity index (χ4v) is 2.92. The van der Waals surface area contributed by atoms with Gasteiger partial charge in [-0.2, -0.15) is 0 Å². The second-order valence-corrected chi connectivity index (χ2v) is 5.59. The van der Waals surface area contributed by atoms with Crippen molar-refractivity contribution in [3.63, 3.8) is 0 Å². The van der Waals surface area contributed by atoms with Crippen LogP contribution < -0.4 is 5.32 Å². The van der Waals surface area contributed by atoms with E-state index in [0.717, 1.165) is 32.2 Å². The third kappa shape index (κ3) is 3.67. The Morgan fingerprint density at radius 3 is 2.81 bits per heavy atom. The van der Waals surface area contributed by atoms with E-state index in [0.29, 0.717) is 5.69 Å². The highest BCUT2D eigenvalue weighted by Crippen LogP contribution is 2.23. The van der Waals surface area contributed by atoms with Crippen LogP contribution in [0.4, 0.5) is 10.5 Å². The Labute approximate surface area is 128 Å². The minimum Gasteiger partial charge on any atom is -0.478 e. The molecule has 6 heteroatoms. The first-order chi connectivity index (χ1) is 10.0. The molecule has 0 spiro atoms. The summed E-state index contributed by atoms with van der Waals surface area (Å²) < 4.78 is 0. The Morgan fingerprint density at radius 2 is 2.19 bits per heavy atom. The molecule has 1 heterocycles. The summed E-state index contributed by atoms with van der Waals surface area (Å²) in [6, 6.07) is 4.54. The van der Waals surface area contributed by atoms with Gasteiger partial charge < -0.3 is 15.3 Å². The number of amides is 2. The molecule has 1 unspecified atom stereocenters. The average Bonchev–Trinajstić information content (AvgIpc) is 2.46. The molecule has 114 valence electrons. The molecule has 0 aromatic heterocycles. The fraction of sp³-hybridized carbons (Fsp3) is 0.467. The monoisotopic (exact) mass is 310 g/mol. The maximum Gasteiger partial charge on any atom is 0.337 e. The Morgan fingerprint density at radius 1 is 1.43 bits per heavy atom. The highest BCUT2D eigenvalue weighted by Gasteiger charge is 2.25. The number of benzene rings is 1. The number of likely N-dealkylation sites (tertiary alicyclic amines) is 1. The second-order valence-electron chi connectivity index (χ2n) is 5.18. The summed E-state index contributed by atoms with van der Waals surface area (Å²) in [5.41, 5.74) is 0.537. The lowest BCUT2D eigenvalue weighted by Crippen LogP contribution is -2.45. The van der Waals surface area contributed by atoms with Crippen LogP contribution in [-0.2, 0) is 0 Å². The smallest absolute Gasteiger partial charge is 0.337 e. The van der Waals surface area contributed by atoms with Crippen molar-refractivity contribution in [3.05, 3.63) is 28.8 Å². The largest absolute Gasteiger partial charge is 0.478 e. The van der Waals surface area contributed by atoms with Crippen molar-refractivity contribution in [2.45, 2.75) is 38.6 Å². The fourth-order valence-electron chi connectivity index (χ4n) is 2.65. The molecule has 5 nitrogen and oxygen atoms in total. The van der Waals surface area contributed by atoms with Crippen LogP contribution in [0.1, 0.15) is 43.0 Å². The molecule has 0 bridgehead atoms. The molecule has 1 atom stereocenters. The van der Waals surface area contributed by atoms with Crippen LogP contribution in [0.15, 0.2) is 18.2 Å². The van der Waals surface area contributed by atoms with Crippen molar-refractivity contribution in [3.8, 4) is 0 Å². The van der Waals surface area contributed by atoms with E-state index >= 15 is 0 Å². The number of rotatable bonds is 3. The highest BCUT2D eigenvalue weighted by molar-refractivity contribution is 6.33. The number of carboxylic acids is 1. The van der Waals surface area contributed by atoms with Gasteiger partial charge in [0.15, 0.2) is 0 Å². The minimum atomic E-state index is -1.08. The van der Waals surface area contributed by atoms with E-state index in [1.165, 1.54) is 12.1 Å². The third-order valence-corrected chi connectivity index (χ3v) is 4.12. The van der Waals surface area contributed by atoms with Crippen LogP contribution in [-0.4, -0.2) is 34.6 Å². The van der Waals surface area contributed by atoms with Gasteiger partial charge in [0.1, 0.15) is 0 Å². The number of nitrogens with zero attached hydrogens (tertiary/aromatic N) is 1. The summed E-state index contributed by atoms with van der Waals surface area (Å²) in [6.45, 7) is 2.83. The molecule has 1 aromatic rings. The van der Waals surface area contributed by atoms with Crippen molar-refractivity contribution in [2.24, 2.45) is 0 Å². The van der Waals surface area contributed by atoms with Gasteiger partial charge in [0.05, 0.1) is 10.6 Å². The Balaban J connectivity index is 2.08. The lowest BCUT2D eigenvalue weighted by molar-refractivity contribution is 0.0697. The first-order valence-electron chi connectivity index (χ1n) is 7.13. The van der Waals surface area contributed by atoms with Gasteiger partial charge in [-0.05, 0) is 43.9 Å². The summed E-state index contributed by atoms with van der Waals surface area (Å²) in [6.07, 6.45) is 4.14. The molecule has 1 saturated heterocycles. The molecular weight excluding hydrogens is 292 g/mol. The summed E-state index contributed by atoms with van der Waals surface area (Å²) in [5, 5.41) is 11.8. The number of halogens is 1. The van der Waals surface area contributed by atoms with E-state index in [-0.39, 0.29) is 22.7 Å². The van der Waals surface area contributed by atoms with Crippen LogP contribution in [0.3, 0.4) is 0 Å². The molecule has 0 aliphatic carbocycles. The van der Waals surface area contributed by atoms with Crippen molar-refractivity contribution >= 4 is 29.3 Å². The zero-order valence-corrected chi connectivity index (χ0v) is 12.7. The number of aromatic carboxylic acids is 1. The maximum absolute atomic E-state index is 12.3. The van der Waals surface area contributed by atoms with Crippen LogP contribution in [0.2, 0.25) is 5.02 Å². The summed E-state index contributed by atoms with van der Waals surface area (Å²) in [7, 11) is 0. The quantitative estimate of drug-likeness (QED) is 0.891. The SMILES string of the molecule is CCC1CCCCN1C(=O)Nc1ccc(C(=O)O)c(Cl)c1. The predicted octanol–water partition coefficient (Wildman–Crippen LogP) is 3.83. The first kappa shape index (κ1) is 15.6. The van der Waals surface area contributed by atoms with Gasteiger partial charge in [-0.3, -0.25) is 0 Å². The van der Waals surface area contributed by atoms with Gasteiger partial charge in [0.2, 0.25) is 0 Å². The molecule has 1 aliphatic heterocycles. The molecule has 0 radical (unpaired) electrons. The molecule has 2 amide bonds. The van der Waals surface area contributed by atoms with E-state index < -0.39 is 5.97 Å². The zero-order chi connectivity index (χ0) is 15.4. The molecular formula is C15H19ClN2O3. The Bertz CT molecular complexity index is 548. The lowest BCUT2D eigenvalue weighted by Gasteiger charge is -2.35. The zero-order valence-electron chi connectivity index (χ0n) is 11.9. The number of hydrogen-bond acceptors (Lipinski definition) is 2. The molecule has 1 fully saturated rings. The van der Waals surface area contributed by atoms with Crippen molar-refractivity contribution in [2.75, 3.05) is 11.9 Å². The first-order valence-corrected chi connectivity index (χ1v) is 7.51. The molecule has 1 aromatic carbocycles. The van der Waals surface area contributed by atoms with Gasteiger partial charge in [-0.25, -0.2) is 9.59 Å². The highest BCUT2D eigenvalue weighted by atomic mass is 35.5. The average molecular weight is 311 g/mol. The van der Waals surface area contributed by atoms with Crippen molar-refractivity contribution in [1.82, 2.24) is 4.90 Å².